The molecule has 122 valence electrons. The number of hydrogen-bond acceptors (Lipinski definition) is 3. The summed E-state index contributed by atoms with van der Waals surface area (Å²) in [6.07, 6.45) is 10.4. The van der Waals surface area contributed by atoms with Gasteiger partial charge in [0.2, 0.25) is 0 Å². The van der Waals surface area contributed by atoms with Crippen LogP contribution in [0.3, 0.4) is 0 Å². The molecule has 21 heavy (non-hydrogen) atoms. The van der Waals surface area contributed by atoms with Crippen LogP contribution in [0.25, 0.3) is 0 Å². The van der Waals surface area contributed by atoms with Gasteiger partial charge in [-0.2, -0.15) is 0 Å². The van der Waals surface area contributed by atoms with E-state index in [2.05, 4.69) is 24.2 Å². The van der Waals surface area contributed by atoms with Gasteiger partial charge in [0.25, 0.3) is 0 Å². The zero-order chi connectivity index (χ0) is 15.3. The number of hydrogen-bond donors (Lipinski definition) is 2. The third-order valence-electron chi connectivity index (χ3n) is 5.51. The van der Waals surface area contributed by atoms with E-state index >= 15 is 0 Å². The smallest absolute Gasteiger partial charge is 0.323 e. The number of carboxylic acid groups (broad SMARTS) is 1. The summed E-state index contributed by atoms with van der Waals surface area (Å²) in [5, 5.41) is 12.9. The van der Waals surface area contributed by atoms with Crippen LogP contribution in [-0.2, 0) is 4.79 Å². The summed E-state index contributed by atoms with van der Waals surface area (Å²) in [6, 6.07) is 0.424. The summed E-state index contributed by atoms with van der Waals surface area (Å²) >= 11 is 0. The highest BCUT2D eigenvalue weighted by Crippen LogP contribution is 2.34. The van der Waals surface area contributed by atoms with Gasteiger partial charge >= 0.3 is 5.97 Å². The third kappa shape index (κ3) is 4.19. The molecule has 2 aliphatic carbocycles. The Morgan fingerprint density at radius 1 is 1.29 bits per heavy atom. The van der Waals surface area contributed by atoms with Crippen molar-refractivity contribution in [2.24, 2.45) is 5.92 Å². The van der Waals surface area contributed by atoms with Crippen LogP contribution in [0, 0.1) is 5.92 Å². The van der Waals surface area contributed by atoms with E-state index in [0.717, 1.165) is 44.7 Å². The van der Waals surface area contributed by atoms with Gasteiger partial charge in [-0.3, -0.25) is 4.79 Å². The monoisotopic (exact) mass is 296 g/mol. The molecule has 0 aromatic carbocycles. The fourth-order valence-corrected chi connectivity index (χ4v) is 4.12. The highest BCUT2D eigenvalue weighted by Gasteiger charge is 2.46. The summed E-state index contributed by atoms with van der Waals surface area (Å²) < 4.78 is 0. The van der Waals surface area contributed by atoms with E-state index in [0.29, 0.717) is 6.04 Å². The van der Waals surface area contributed by atoms with Crippen molar-refractivity contribution in [3.63, 3.8) is 0 Å². The Balaban J connectivity index is 1.88. The summed E-state index contributed by atoms with van der Waals surface area (Å²) in [4.78, 5) is 14.1. The molecule has 4 nitrogen and oxygen atoms in total. The van der Waals surface area contributed by atoms with Gasteiger partial charge in [0, 0.05) is 12.6 Å². The molecule has 2 aliphatic rings. The first-order chi connectivity index (χ1) is 10.1. The molecule has 0 amide bonds. The van der Waals surface area contributed by atoms with Crippen LogP contribution in [0.4, 0.5) is 0 Å². The Labute approximate surface area is 129 Å². The number of carbonyl (C=O) groups is 1. The number of rotatable bonds is 7. The van der Waals surface area contributed by atoms with Crippen LogP contribution in [0.1, 0.15) is 64.7 Å². The van der Waals surface area contributed by atoms with E-state index in [1.54, 1.807) is 0 Å². The van der Waals surface area contributed by atoms with Crippen molar-refractivity contribution in [2.75, 3.05) is 20.1 Å². The zero-order valence-electron chi connectivity index (χ0n) is 13.7. The summed E-state index contributed by atoms with van der Waals surface area (Å²) in [7, 11) is 2.19. The van der Waals surface area contributed by atoms with Crippen molar-refractivity contribution >= 4 is 5.97 Å². The molecule has 4 heteroatoms. The first kappa shape index (κ1) is 16.8. The second-order valence-corrected chi connectivity index (χ2v) is 7.15. The highest BCUT2D eigenvalue weighted by atomic mass is 16.4. The van der Waals surface area contributed by atoms with Crippen LogP contribution < -0.4 is 5.32 Å². The Bertz CT molecular complexity index is 342. The predicted octanol–water partition coefficient (Wildman–Crippen LogP) is 2.87. The number of carboxylic acids is 1. The molecule has 0 aromatic rings. The number of aliphatic carboxylic acids is 1. The maximum Gasteiger partial charge on any atom is 0.323 e. The van der Waals surface area contributed by atoms with Crippen LogP contribution in [0.5, 0.6) is 0 Å². The van der Waals surface area contributed by atoms with Gasteiger partial charge in [-0.1, -0.05) is 26.2 Å². The molecular weight excluding hydrogens is 264 g/mol. The molecule has 0 radical (unpaired) electrons. The van der Waals surface area contributed by atoms with Crippen molar-refractivity contribution in [1.29, 1.82) is 0 Å². The first-order valence-corrected chi connectivity index (χ1v) is 8.76. The molecule has 0 spiro atoms. The van der Waals surface area contributed by atoms with E-state index in [-0.39, 0.29) is 0 Å². The van der Waals surface area contributed by atoms with E-state index in [1.807, 2.05) is 0 Å². The summed E-state index contributed by atoms with van der Waals surface area (Å²) in [6.45, 7) is 4.03. The largest absolute Gasteiger partial charge is 0.480 e. The van der Waals surface area contributed by atoms with Gasteiger partial charge in [0.15, 0.2) is 0 Å². The van der Waals surface area contributed by atoms with Crippen molar-refractivity contribution in [3.8, 4) is 0 Å². The first-order valence-electron chi connectivity index (χ1n) is 8.76. The van der Waals surface area contributed by atoms with Crippen molar-refractivity contribution < 1.29 is 9.90 Å². The standard InChI is InChI=1S/C17H32N2O2/c1-3-11-18-17(16(20)21)10-9-15(12-17)19(2)13-14-7-5-4-6-8-14/h14-15,18H,3-13H2,1-2H3,(H,20,21). The van der Waals surface area contributed by atoms with E-state index in [1.165, 1.54) is 32.1 Å². The topological polar surface area (TPSA) is 52.6 Å². The number of nitrogens with zero attached hydrogens (tertiary/aromatic N) is 1. The lowest BCUT2D eigenvalue weighted by molar-refractivity contribution is -0.144. The van der Waals surface area contributed by atoms with Crippen LogP contribution >= 0.6 is 0 Å². The zero-order valence-corrected chi connectivity index (χ0v) is 13.7. The summed E-state index contributed by atoms with van der Waals surface area (Å²) in [5.41, 5.74) is -0.679. The molecule has 0 aliphatic heterocycles. The summed E-state index contributed by atoms with van der Waals surface area (Å²) in [5.74, 6) is 0.164. The maximum absolute atomic E-state index is 11.7. The molecule has 0 saturated heterocycles. The minimum atomic E-state index is -0.679. The fourth-order valence-electron chi connectivity index (χ4n) is 4.12. The lowest BCUT2D eigenvalue weighted by Gasteiger charge is -2.32. The molecule has 0 aromatic heterocycles. The molecule has 2 fully saturated rings. The Hall–Kier alpha value is -0.610. The van der Waals surface area contributed by atoms with Gasteiger partial charge in [0.1, 0.15) is 5.54 Å². The average molecular weight is 296 g/mol. The van der Waals surface area contributed by atoms with Crippen molar-refractivity contribution in [2.45, 2.75) is 76.3 Å². The minimum Gasteiger partial charge on any atom is -0.480 e. The van der Waals surface area contributed by atoms with Gasteiger partial charge in [0.05, 0.1) is 0 Å². The molecule has 0 heterocycles. The van der Waals surface area contributed by atoms with Crippen LogP contribution in [-0.4, -0.2) is 47.7 Å². The van der Waals surface area contributed by atoms with E-state index < -0.39 is 11.5 Å². The Morgan fingerprint density at radius 2 is 2.00 bits per heavy atom. The molecule has 2 atom stereocenters. The molecule has 2 rings (SSSR count). The normalized spacial score (nSPS) is 30.9. The van der Waals surface area contributed by atoms with Crippen molar-refractivity contribution in [1.82, 2.24) is 10.2 Å². The second kappa shape index (κ2) is 7.59. The fraction of sp³-hybridized carbons (Fsp3) is 0.941. The average Bonchev–Trinajstić information content (AvgIpc) is 2.92. The van der Waals surface area contributed by atoms with Gasteiger partial charge in [-0.25, -0.2) is 0 Å². The molecule has 2 N–H and O–H groups in total. The molecule has 2 saturated carbocycles. The predicted molar refractivity (Wildman–Crippen MR) is 85.5 cm³/mol. The van der Waals surface area contributed by atoms with Crippen LogP contribution in [0.15, 0.2) is 0 Å². The molecule has 0 bridgehead atoms. The van der Waals surface area contributed by atoms with Gasteiger partial charge < -0.3 is 15.3 Å². The van der Waals surface area contributed by atoms with Gasteiger partial charge in [-0.05, 0) is 58.0 Å². The maximum atomic E-state index is 11.7. The van der Waals surface area contributed by atoms with E-state index in [9.17, 15) is 9.90 Å². The van der Waals surface area contributed by atoms with Gasteiger partial charge in [-0.15, -0.1) is 0 Å². The SMILES string of the molecule is CCCNC1(C(=O)O)CCC(N(C)CC2CCCCC2)C1. The van der Waals surface area contributed by atoms with E-state index in [4.69, 9.17) is 0 Å². The highest BCUT2D eigenvalue weighted by molar-refractivity contribution is 5.79. The minimum absolute atomic E-state index is 0.424. The third-order valence-corrected chi connectivity index (χ3v) is 5.51. The molecule has 2 unspecified atom stereocenters. The van der Waals surface area contributed by atoms with Crippen LogP contribution in [0.2, 0.25) is 0 Å². The Morgan fingerprint density at radius 3 is 2.62 bits per heavy atom. The molecular formula is C17H32N2O2. The second-order valence-electron chi connectivity index (χ2n) is 7.15. The Kier molecular flexibility index (Phi) is 6.06. The number of nitrogens with one attached hydrogen (secondary N) is 1. The lowest BCUT2D eigenvalue weighted by Crippen LogP contribution is -2.51. The van der Waals surface area contributed by atoms with Crippen molar-refractivity contribution in [3.05, 3.63) is 0 Å². The lowest BCUT2D eigenvalue weighted by atomic mass is 9.88. The quantitative estimate of drug-likeness (QED) is 0.758.